The fraction of sp³-hybridized carbons (Fsp3) is 0.300. The molecule has 3 N–H and O–H groups in total. The second-order valence-electron chi connectivity index (χ2n) is 6.37. The predicted octanol–water partition coefficient (Wildman–Crippen LogP) is 2.68. The van der Waals surface area contributed by atoms with Crippen molar-refractivity contribution in [1.82, 2.24) is 10.2 Å². The number of nitrogens with one attached hydrogen (secondary N) is 1. The van der Waals surface area contributed by atoms with E-state index in [0.29, 0.717) is 25.9 Å². The first kappa shape index (κ1) is 17.0. The standard InChI is InChI=1S/C20H23N3O2/c21-19(24)17-11-13-23(14-12-17)20(25)22-18(15-7-3-1-4-8-15)16-9-5-2-6-10-16/h1-10,17-18H,11-14H2,(H2,21,24)(H,22,25). The van der Waals surface area contributed by atoms with Crippen LogP contribution in [0, 0.1) is 5.92 Å². The van der Waals surface area contributed by atoms with Crippen LogP contribution in [-0.4, -0.2) is 29.9 Å². The molecule has 1 heterocycles. The zero-order valence-corrected chi connectivity index (χ0v) is 14.1. The van der Waals surface area contributed by atoms with Crippen molar-refractivity contribution in [3.63, 3.8) is 0 Å². The highest BCUT2D eigenvalue weighted by molar-refractivity contribution is 5.78. The minimum Gasteiger partial charge on any atom is -0.369 e. The molecule has 0 aliphatic carbocycles. The second-order valence-corrected chi connectivity index (χ2v) is 6.37. The number of likely N-dealkylation sites (tertiary alicyclic amines) is 1. The van der Waals surface area contributed by atoms with E-state index < -0.39 is 0 Å². The van der Waals surface area contributed by atoms with Crippen LogP contribution in [0.15, 0.2) is 60.7 Å². The Morgan fingerprint density at radius 1 is 0.920 bits per heavy atom. The monoisotopic (exact) mass is 337 g/mol. The van der Waals surface area contributed by atoms with E-state index in [2.05, 4.69) is 5.32 Å². The molecule has 1 fully saturated rings. The van der Waals surface area contributed by atoms with Crippen LogP contribution in [0.4, 0.5) is 4.79 Å². The largest absolute Gasteiger partial charge is 0.369 e. The maximum atomic E-state index is 12.7. The Labute approximate surface area is 147 Å². The molecule has 1 aliphatic rings. The van der Waals surface area contributed by atoms with Crippen LogP contribution in [-0.2, 0) is 4.79 Å². The van der Waals surface area contributed by atoms with Crippen LogP contribution in [0.25, 0.3) is 0 Å². The number of rotatable bonds is 4. The van der Waals surface area contributed by atoms with Crippen molar-refractivity contribution < 1.29 is 9.59 Å². The van der Waals surface area contributed by atoms with Crippen LogP contribution in [0.2, 0.25) is 0 Å². The van der Waals surface area contributed by atoms with Crippen molar-refractivity contribution in [1.29, 1.82) is 0 Å². The molecule has 1 saturated heterocycles. The Balaban J connectivity index is 1.73. The summed E-state index contributed by atoms with van der Waals surface area (Å²) in [5, 5.41) is 3.13. The van der Waals surface area contributed by atoms with Gasteiger partial charge in [-0.1, -0.05) is 60.7 Å². The van der Waals surface area contributed by atoms with Gasteiger partial charge in [0.25, 0.3) is 0 Å². The number of primary amides is 1. The van der Waals surface area contributed by atoms with E-state index in [1.54, 1.807) is 4.90 Å². The number of nitrogens with zero attached hydrogens (tertiary/aromatic N) is 1. The van der Waals surface area contributed by atoms with E-state index >= 15 is 0 Å². The van der Waals surface area contributed by atoms with Crippen LogP contribution < -0.4 is 11.1 Å². The third-order valence-electron chi connectivity index (χ3n) is 4.72. The summed E-state index contributed by atoms with van der Waals surface area (Å²) in [5.74, 6) is -0.394. The van der Waals surface area contributed by atoms with E-state index in [4.69, 9.17) is 5.73 Å². The molecule has 5 nitrogen and oxygen atoms in total. The van der Waals surface area contributed by atoms with Gasteiger partial charge in [0, 0.05) is 19.0 Å². The lowest BCUT2D eigenvalue weighted by molar-refractivity contribution is -0.123. The van der Waals surface area contributed by atoms with Crippen LogP contribution in [0.3, 0.4) is 0 Å². The number of hydrogen-bond donors (Lipinski definition) is 2. The molecule has 25 heavy (non-hydrogen) atoms. The number of urea groups is 1. The number of benzene rings is 2. The molecule has 2 aromatic rings. The van der Waals surface area contributed by atoms with Crippen LogP contribution in [0.1, 0.15) is 30.0 Å². The lowest BCUT2D eigenvalue weighted by Crippen LogP contribution is -2.47. The van der Waals surface area contributed by atoms with E-state index in [1.807, 2.05) is 60.7 Å². The third-order valence-corrected chi connectivity index (χ3v) is 4.72. The van der Waals surface area contributed by atoms with E-state index in [9.17, 15) is 9.59 Å². The summed E-state index contributed by atoms with van der Waals surface area (Å²) in [4.78, 5) is 25.8. The summed E-state index contributed by atoms with van der Waals surface area (Å²) in [7, 11) is 0. The number of nitrogens with two attached hydrogens (primary N) is 1. The molecule has 0 radical (unpaired) electrons. The van der Waals surface area contributed by atoms with Crippen molar-refractivity contribution in [3.05, 3.63) is 71.8 Å². The lowest BCUT2D eigenvalue weighted by Gasteiger charge is -2.32. The van der Waals surface area contributed by atoms with Gasteiger partial charge in [-0.05, 0) is 24.0 Å². The first-order valence-corrected chi connectivity index (χ1v) is 8.60. The molecule has 0 spiro atoms. The molecule has 5 heteroatoms. The molecule has 2 aromatic carbocycles. The van der Waals surface area contributed by atoms with Crippen LogP contribution in [0.5, 0.6) is 0 Å². The van der Waals surface area contributed by atoms with E-state index in [1.165, 1.54) is 0 Å². The topological polar surface area (TPSA) is 75.4 Å². The molecular formula is C20H23N3O2. The quantitative estimate of drug-likeness (QED) is 0.900. The lowest BCUT2D eigenvalue weighted by atomic mass is 9.96. The highest BCUT2D eigenvalue weighted by Gasteiger charge is 2.27. The normalized spacial score (nSPS) is 15.2. The number of amides is 3. The fourth-order valence-electron chi connectivity index (χ4n) is 3.23. The third kappa shape index (κ3) is 4.18. The van der Waals surface area contributed by atoms with Crippen molar-refractivity contribution in [3.8, 4) is 0 Å². The molecule has 0 saturated carbocycles. The molecular weight excluding hydrogens is 314 g/mol. The summed E-state index contributed by atoms with van der Waals surface area (Å²) in [6.45, 7) is 1.10. The van der Waals surface area contributed by atoms with Crippen molar-refractivity contribution in [2.24, 2.45) is 11.7 Å². The van der Waals surface area contributed by atoms with E-state index in [0.717, 1.165) is 11.1 Å². The van der Waals surface area contributed by atoms with E-state index in [-0.39, 0.29) is 23.9 Å². The number of hydrogen-bond acceptors (Lipinski definition) is 2. The van der Waals surface area contributed by atoms with Gasteiger partial charge in [0.2, 0.25) is 5.91 Å². The Kier molecular flexibility index (Phi) is 5.33. The van der Waals surface area contributed by atoms with Crippen molar-refractivity contribution >= 4 is 11.9 Å². The van der Waals surface area contributed by atoms with Gasteiger partial charge in [-0.15, -0.1) is 0 Å². The molecule has 0 bridgehead atoms. The number of carbonyl (C=O) groups is 2. The van der Waals surface area contributed by atoms with Crippen molar-refractivity contribution in [2.45, 2.75) is 18.9 Å². The van der Waals surface area contributed by atoms with Crippen molar-refractivity contribution in [2.75, 3.05) is 13.1 Å². The molecule has 0 aromatic heterocycles. The zero-order valence-electron chi connectivity index (χ0n) is 14.1. The molecule has 0 atom stereocenters. The summed E-state index contributed by atoms with van der Waals surface area (Å²) in [6, 6.07) is 19.5. The minimum atomic E-state index is -0.272. The fourth-order valence-corrected chi connectivity index (χ4v) is 3.23. The van der Waals surface area contributed by atoms with Gasteiger partial charge in [0.15, 0.2) is 0 Å². The average Bonchev–Trinajstić information content (AvgIpc) is 2.67. The molecule has 0 unspecified atom stereocenters. The molecule has 130 valence electrons. The number of piperidine rings is 1. The average molecular weight is 337 g/mol. The Morgan fingerprint density at radius 3 is 1.84 bits per heavy atom. The van der Waals surface area contributed by atoms with Crippen LogP contribution >= 0.6 is 0 Å². The smallest absolute Gasteiger partial charge is 0.318 e. The van der Waals surface area contributed by atoms with Gasteiger partial charge in [-0.3, -0.25) is 4.79 Å². The van der Waals surface area contributed by atoms with Gasteiger partial charge in [0.05, 0.1) is 6.04 Å². The highest BCUT2D eigenvalue weighted by Crippen LogP contribution is 2.23. The highest BCUT2D eigenvalue weighted by atomic mass is 16.2. The zero-order chi connectivity index (χ0) is 17.6. The Morgan fingerprint density at radius 2 is 1.40 bits per heavy atom. The molecule has 1 aliphatic heterocycles. The SMILES string of the molecule is NC(=O)C1CCN(C(=O)NC(c2ccccc2)c2ccccc2)CC1. The Hall–Kier alpha value is -2.82. The van der Waals surface area contributed by atoms with Gasteiger partial charge >= 0.3 is 6.03 Å². The second kappa shape index (κ2) is 7.83. The minimum absolute atomic E-state index is 0.111. The van der Waals surface area contributed by atoms with Gasteiger partial charge < -0.3 is 16.0 Å². The van der Waals surface area contributed by atoms with Gasteiger partial charge in [0.1, 0.15) is 0 Å². The summed E-state index contributed by atoms with van der Waals surface area (Å²) >= 11 is 0. The maximum absolute atomic E-state index is 12.7. The Bertz CT molecular complexity index is 671. The molecule has 3 rings (SSSR count). The van der Waals surface area contributed by atoms with Gasteiger partial charge in [-0.25, -0.2) is 4.79 Å². The maximum Gasteiger partial charge on any atom is 0.318 e. The number of carbonyl (C=O) groups excluding carboxylic acids is 2. The summed E-state index contributed by atoms with van der Waals surface area (Å²) in [6.07, 6.45) is 1.26. The first-order chi connectivity index (χ1) is 12.1. The summed E-state index contributed by atoms with van der Waals surface area (Å²) < 4.78 is 0. The summed E-state index contributed by atoms with van der Waals surface area (Å²) in [5.41, 5.74) is 7.44. The van der Waals surface area contributed by atoms with Gasteiger partial charge in [-0.2, -0.15) is 0 Å². The predicted molar refractivity (Wildman–Crippen MR) is 96.8 cm³/mol. The first-order valence-electron chi connectivity index (χ1n) is 8.60. The molecule has 3 amide bonds.